The largest absolute Gasteiger partial charge is 0.491 e. The van der Waals surface area contributed by atoms with Crippen molar-refractivity contribution in [2.45, 2.75) is 32.8 Å². The summed E-state index contributed by atoms with van der Waals surface area (Å²) in [7, 11) is 0. The number of carboxylic acid groups (broad SMARTS) is 1. The molecule has 0 amide bonds. The van der Waals surface area contributed by atoms with Gasteiger partial charge in [-0.1, -0.05) is 6.07 Å². The fraction of sp³-hybridized carbons (Fsp3) is 0.417. The summed E-state index contributed by atoms with van der Waals surface area (Å²) in [4.78, 5) is 10.7. The summed E-state index contributed by atoms with van der Waals surface area (Å²) in [5.74, 6) is -2.04. The van der Waals surface area contributed by atoms with Gasteiger partial charge in [0.2, 0.25) is 0 Å². The second-order valence-electron chi connectivity index (χ2n) is 3.91. The first kappa shape index (κ1) is 12.5. The number of rotatable bonds is 4. The third-order valence-electron chi connectivity index (χ3n) is 2.18. The Kier molecular flexibility index (Phi) is 3.88. The molecule has 0 heterocycles. The van der Waals surface area contributed by atoms with Crippen LogP contribution in [0.25, 0.3) is 0 Å². The van der Waals surface area contributed by atoms with Crippen LogP contribution in [0.2, 0.25) is 0 Å². The number of halogens is 1. The summed E-state index contributed by atoms with van der Waals surface area (Å²) in [6, 6.07) is 4.25. The van der Waals surface area contributed by atoms with E-state index in [0.717, 1.165) is 0 Å². The average molecular weight is 226 g/mol. The maximum atomic E-state index is 13.6. The van der Waals surface area contributed by atoms with E-state index < -0.39 is 17.7 Å². The van der Waals surface area contributed by atoms with E-state index in [1.165, 1.54) is 19.1 Å². The van der Waals surface area contributed by atoms with E-state index in [9.17, 15) is 9.18 Å². The summed E-state index contributed by atoms with van der Waals surface area (Å²) in [5.41, 5.74) is 0.170. The Morgan fingerprint density at radius 3 is 2.44 bits per heavy atom. The maximum absolute atomic E-state index is 13.6. The molecule has 88 valence electrons. The second-order valence-corrected chi connectivity index (χ2v) is 3.91. The predicted molar refractivity (Wildman–Crippen MR) is 58.2 cm³/mol. The molecule has 0 spiro atoms. The first-order valence-electron chi connectivity index (χ1n) is 5.10. The second kappa shape index (κ2) is 4.96. The molecule has 1 unspecified atom stereocenters. The van der Waals surface area contributed by atoms with E-state index in [0.29, 0.717) is 5.75 Å². The van der Waals surface area contributed by atoms with E-state index in [1.54, 1.807) is 6.07 Å². The van der Waals surface area contributed by atoms with Gasteiger partial charge in [-0.2, -0.15) is 0 Å². The zero-order valence-electron chi connectivity index (χ0n) is 9.53. The Labute approximate surface area is 93.9 Å². The van der Waals surface area contributed by atoms with E-state index in [2.05, 4.69) is 0 Å². The zero-order chi connectivity index (χ0) is 12.3. The van der Waals surface area contributed by atoms with E-state index in [4.69, 9.17) is 9.84 Å². The Morgan fingerprint density at radius 1 is 1.38 bits per heavy atom. The SMILES string of the molecule is CC(C)Oc1ccc(C(C)C(=O)O)c(F)c1. The van der Waals surface area contributed by atoms with Crippen LogP contribution >= 0.6 is 0 Å². The molecule has 0 fully saturated rings. The summed E-state index contributed by atoms with van der Waals surface area (Å²) in [6.07, 6.45) is -0.0397. The summed E-state index contributed by atoms with van der Waals surface area (Å²) in [6.45, 7) is 5.13. The summed E-state index contributed by atoms with van der Waals surface area (Å²) >= 11 is 0. The smallest absolute Gasteiger partial charge is 0.310 e. The molecule has 1 atom stereocenters. The van der Waals surface area contributed by atoms with Crippen molar-refractivity contribution >= 4 is 5.97 Å². The summed E-state index contributed by atoms with van der Waals surface area (Å²) < 4.78 is 18.9. The maximum Gasteiger partial charge on any atom is 0.310 e. The monoisotopic (exact) mass is 226 g/mol. The highest BCUT2D eigenvalue weighted by atomic mass is 19.1. The quantitative estimate of drug-likeness (QED) is 0.858. The van der Waals surface area contributed by atoms with Crippen molar-refractivity contribution in [1.82, 2.24) is 0 Å². The van der Waals surface area contributed by atoms with Crippen molar-refractivity contribution in [3.8, 4) is 5.75 Å². The molecule has 0 aliphatic carbocycles. The van der Waals surface area contributed by atoms with Crippen LogP contribution in [0.3, 0.4) is 0 Å². The Balaban J connectivity index is 2.95. The van der Waals surface area contributed by atoms with Gasteiger partial charge in [-0.25, -0.2) is 4.39 Å². The van der Waals surface area contributed by atoms with E-state index >= 15 is 0 Å². The van der Waals surface area contributed by atoms with Crippen molar-refractivity contribution in [3.05, 3.63) is 29.6 Å². The molecule has 0 aliphatic rings. The van der Waals surface area contributed by atoms with Crippen LogP contribution in [0.5, 0.6) is 5.75 Å². The van der Waals surface area contributed by atoms with Gasteiger partial charge >= 0.3 is 5.97 Å². The fourth-order valence-electron chi connectivity index (χ4n) is 1.34. The number of hydrogen-bond acceptors (Lipinski definition) is 2. The molecule has 3 nitrogen and oxygen atoms in total. The van der Waals surface area contributed by atoms with Crippen LogP contribution in [0.1, 0.15) is 32.3 Å². The molecule has 0 aliphatic heterocycles. The lowest BCUT2D eigenvalue weighted by atomic mass is 10.0. The van der Waals surface area contributed by atoms with Gasteiger partial charge in [0.1, 0.15) is 11.6 Å². The van der Waals surface area contributed by atoms with Gasteiger partial charge in [-0.15, -0.1) is 0 Å². The van der Waals surface area contributed by atoms with Crippen LogP contribution in [0.15, 0.2) is 18.2 Å². The topological polar surface area (TPSA) is 46.5 Å². The van der Waals surface area contributed by atoms with Crippen LogP contribution in [-0.4, -0.2) is 17.2 Å². The molecular formula is C12H15FO3. The Bertz CT molecular complexity index is 388. The molecule has 4 heteroatoms. The molecule has 1 aromatic carbocycles. The van der Waals surface area contributed by atoms with Crippen molar-refractivity contribution in [2.24, 2.45) is 0 Å². The standard InChI is InChI=1S/C12H15FO3/c1-7(2)16-9-4-5-10(11(13)6-9)8(3)12(14)15/h4-8H,1-3H3,(H,14,15). The van der Waals surface area contributed by atoms with Crippen LogP contribution < -0.4 is 4.74 Å². The lowest BCUT2D eigenvalue weighted by Crippen LogP contribution is -2.10. The van der Waals surface area contributed by atoms with Gasteiger partial charge in [-0.05, 0) is 26.8 Å². The number of benzene rings is 1. The minimum atomic E-state index is -1.04. The fourth-order valence-corrected chi connectivity index (χ4v) is 1.34. The number of hydrogen-bond donors (Lipinski definition) is 1. The number of carboxylic acids is 1. The van der Waals surface area contributed by atoms with Gasteiger partial charge in [-0.3, -0.25) is 4.79 Å². The van der Waals surface area contributed by atoms with Crippen LogP contribution in [0.4, 0.5) is 4.39 Å². The van der Waals surface area contributed by atoms with Crippen molar-refractivity contribution in [1.29, 1.82) is 0 Å². The minimum absolute atomic E-state index is 0.0397. The highest BCUT2D eigenvalue weighted by Crippen LogP contribution is 2.24. The molecule has 0 saturated carbocycles. The zero-order valence-corrected chi connectivity index (χ0v) is 9.53. The van der Waals surface area contributed by atoms with Gasteiger partial charge in [0.25, 0.3) is 0 Å². The lowest BCUT2D eigenvalue weighted by molar-refractivity contribution is -0.138. The lowest BCUT2D eigenvalue weighted by Gasteiger charge is -2.12. The van der Waals surface area contributed by atoms with Crippen molar-refractivity contribution in [2.75, 3.05) is 0 Å². The highest BCUT2D eigenvalue weighted by Gasteiger charge is 2.18. The van der Waals surface area contributed by atoms with Crippen molar-refractivity contribution in [3.63, 3.8) is 0 Å². The van der Waals surface area contributed by atoms with Gasteiger partial charge in [0, 0.05) is 11.6 Å². The third-order valence-corrected chi connectivity index (χ3v) is 2.18. The van der Waals surface area contributed by atoms with Crippen LogP contribution in [-0.2, 0) is 4.79 Å². The Hall–Kier alpha value is -1.58. The molecule has 0 bridgehead atoms. The van der Waals surface area contributed by atoms with Gasteiger partial charge < -0.3 is 9.84 Å². The van der Waals surface area contributed by atoms with E-state index in [-0.39, 0.29) is 11.7 Å². The first-order valence-corrected chi connectivity index (χ1v) is 5.10. The molecule has 0 aromatic heterocycles. The normalized spacial score (nSPS) is 12.6. The molecule has 0 saturated heterocycles. The molecule has 1 aromatic rings. The molecule has 0 radical (unpaired) electrons. The van der Waals surface area contributed by atoms with Crippen LogP contribution in [0, 0.1) is 5.82 Å². The Morgan fingerprint density at radius 2 is 2.00 bits per heavy atom. The average Bonchev–Trinajstić information content (AvgIpc) is 2.15. The number of ether oxygens (including phenoxy) is 1. The first-order chi connectivity index (χ1) is 7.41. The molecule has 16 heavy (non-hydrogen) atoms. The number of carbonyl (C=O) groups is 1. The predicted octanol–water partition coefficient (Wildman–Crippen LogP) is 2.80. The molecule has 1 rings (SSSR count). The van der Waals surface area contributed by atoms with Crippen molar-refractivity contribution < 1.29 is 19.0 Å². The minimum Gasteiger partial charge on any atom is -0.491 e. The van der Waals surface area contributed by atoms with Gasteiger partial charge in [0.15, 0.2) is 0 Å². The number of aliphatic carboxylic acids is 1. The third kappa shape index (κ3) is 2.95. The van der Waals surface area contributed by atoms with E-state index in [1.807, 2.05) is 13.8 Å². The molecular weight excluding hydrogens is 211 g/mol. The highest BCUT2D eigenvalue weighted by molar-refractivity contribution is 5.75. The molecule has 1 N–H and O–H groups in total. The summed E-state index contributed by atoms with van der Waals surface area (Å²) in [5, 5.41) is 8.78. The van der Waals surface area contributed by atoms with Gasteiger partial charge in [0.05, 0.1) is 12.0 Å².